The zero-order valence-corrected chi connectivity index (χ0v) is 13.8. The molecule has 1 amide bonds. The molecule has 0 bridgehead atoms. The van der Waals surface area contributed by atoms with Crippen LogP contribution in [-0.2, 0) is 14.8 Å². The molecule has 5 nitrogen and oxygen atoms in total. The van der Waals surface area contributed by atoms with E-state index >= 15 is 0 Å². The SMILES string of the molecule is O=C1CCCN1c1cccc(NS(=O)(=O)c2cccc(Cl)c2)c1. The predicted molar refractivity (Wildman–Crippen MR) is 90.3 cm³/mol. The summed E-state index contributed by atoms with van der Waals surface area (Å²) in [6.45, 7) is 0.656. The number of halogens is 1. The first-order chi connectivity index (χ1) is 11.0. The van der Waals surface area contributed by atoms with E-state index in [1.165, 1.54) is 12.1 Å². The van der Waals surface area contributed by atoms with Gasteiger partial charge in [-0.25, -0.2) is 8.42 Å². The van der Waals surface area contributed by atoms with Crippen molar-refractivity contribution in [3.05, 3.63) is 53.6 Å². The summed E-state index contributed by atoms with van der Waals surface area (Å²) >= 11 is 5.84. The van der Waals surface area contributed by atoms with Gasteiger partial charge < -0.3 is 4.90 Å². The van der Waals surface area contributed by atoms with Gasteiger partial charge in [0.1, 0.15) is 0 Å². The van der Waals surface area contributed by atoms with E-state index in [9.17, 15) is 13.2 Å². The molecule has 23 heavy (non-hydrogen) atoms. The van der Waals surface area contributed by atoms with Gasteiger partial charge in [-0.3, -0.25) is 9.52 Å². The molecule has 0 spiro atoms. The van der Waals surface area contributed by atoms with Crippen LogP contribution < -0.4 is 9.62 Å². The first-order valence-corrected chi connectivity index (χ1v) is 9.01. The summed E-state index contributed by atoms with van der Waals surface area (Å²) in [5.74, 6) is 0.0554. The molecule has 0 atom stereocenters. The van der Waals surface area contributed by atoms with Crippen LogP contribution in [-0.4, -0.2) is 20.9 Å². The second-order valence-electron chi connectivity index (χ2n) is 5.26. The van der Waals surface area contributed by atoms with Crippen LogP contribution in [0.2, 0.25) is 5.02 Å². The van der Waals surface area contributed by atoms with Crippen molar-refractivity contribution >= 4 is 38.9 Å². The number of hydrogen-bond acceptors (Lipinski definition) is 3. The molecular formula is C16H15ClN2O3S. The standard InChI is InChI=1S/C16H15ClN2O3S/c17-12-4-1-7-15(10-12)23(21,22)18-13-5-2-6-14(11-13)19-9-3-8-16(19)20/h1-2,4-7,10-11,18H,3,8-9H2. The highest BCUT2D eigenvalue weighted by molar-refractivity contribution is 7.92. The van der Waals surface area contributed by atoms with Crippen LogP contribution in [0.1, 0.15) is 12.8 Å². The average molecular weight is 351 g/mol. The summed E-state index contributed by atoms with van der Waals surface area (Å²) in [5, 5.41) is 0.351. The molecule has 1 heterocycles. The van der Waals surface area contributed by atoms with E-state index in [4.69, 9.17) is 11.6 Å². The van der Waals surface area contributed by atoms with E-state index in [0.717, 1.165) is 6.42 Å². The van der Waals surface area contributed by atoms with Crippen molar-refractivity contribution < 1.29 is 13.2 Å². The molecule has 2 aromatic rings. The van der Waals surface area contributed by atoms with Crippen molar-refractivity contribution in [2.75, 3.05) is 16.2 Å². The lowest BCUT2D eigenvalue weighted by Gasteiger charge is -2.17. The van der Waals surface area contributed by atoms with Crippen LogP contribution in [0.25, 0.3) is 0 Å². The lowest BCUT2D eigenvalue weighted by atomic mass is 10.2. The minimum Gasteiger partial charge on any atom is -0.312 e. The van der Waals surface area contributed by atoms with Gasteiger partial charge in [-0.15, -0.1) is 0 Å². The van der Waals surface area contributed by atoms with Crippen molar-refractivity contribution in [3.63, 3.8) is 0 Å². The molecular weight excluding hydrogens is 336 g/mol. The molecule has 1 aliphatic rings. The summed E-state index contributed by atoms with van der Waals surface area (Å²) in [7, 11) is -3.73. The second-order valence-corrected chi connectivity index (χ2v) is 7.38. The van der Waals surface area contributed by atoms with Gasteiger partial charge in [0.15, 0.2) is 0 Å². The number of amides is 1. The molecule has 1 saturated heterocycles. The quantitative estimate of drug-likeness (QED) is 0.920. The van der Waals surface area contributed by atoms with Gasteiger partial charge in [-0.1, -0.05) is 23.7 Å². The highest BCUT2D eigenvalue weighted by Gasteiger charge is 2.22. The first-order valence-electron chi connectivity index (χ1n) is 7.14. The number of carbonyl (C=O) groups is 1. The Labute approximate surface area is 139 Å². The number of nitrogens with zero attached hydrogens (tertiary/aromatic N) is 1. The minimum absolute atomic E-state index is 0.0554. The summed E-state index contributed by atoms with van der Waals surface area (Å²) in [6.07, 6.45) is 1.34. The van der Waals surface area contributed by atoms with Crippen molar-refractivity contribution in [2.24, 2.45) is 0 Å². The van der Waals surface area contributed by atoms with E-state index in [0.29, 0.717) is 29.4 Å². The molecule has 1 N–H and O–H groups in total. The smallest absolute Gasteiger partial charge is 0.261 e. The number of hydrogen-bond donors (Lipinski definition) is 1. The van der Waals surface area contributed by atoms with E-state index in [-0.39, 0.29) is 10.8 Å². The van der Waals surface area contributed by atoms with E-state index in [1.807, 2.05) is 0 Å². The fraction of sp³-hybridized carbons (Fsp3) is 0.188. The van der Waals surface area contributed by atoms with Gasteiger partial charge >= 0.3 is 0 Å². The van der Waals surface area contributed by atoms with Gasteiger partial charge in [0, 0.05) is 23.7 Å². The molecule has 3 rings (SSSR count). The van der Waals surface area contributed by atoms with Crippen LogP contribution in [0.4, 0.5) is 11.4 Å². The monoisotopic (exact) mass is 350 g/mol. The van der Waals surface area contributed by atoms with E-state index < -0.39 is 10.0 Å². The average Bonchev–Trinajstić information content (AvgIpc) is 2.93. The van der Waals surface area contributed by atoms with E-state index in [1.54, 1.807) is 41.3 Å². The van der Waals surface area contributed by atoms with Crippen LogP contribution in [0.5, 0.6) is 0 Å². The largest absolute Gasteiger partial charge is 0.312 e. The normalized spacial score (nSPS) is 15.0. The fourth-order valence-electron chi connectivity index (χ4n) is 2.51. The zero-order valence-electron chi connectivity index (χ0n) is 12.2. The molecule has 0 radical (unpaired) electrons. The maximum absolute atomic E-state index is 12.4. The summed E-state index contributed by atoms with van der Waals surface area (Å²) in [5.41, 5.74) is 1.10. The molecule has 1 fully saturated rings. The van der Waals surface area contributed by atoms with Crippen molar-refractivity contribution in [3.8, 4) is 0 Å². The Hall–Kier alpha value is -2.05. The zero-order chi connectivity index (χ0) is 16.4. The van der Waals surface area contributed by atoms with Gasteiger partial charge in [0.2, 0.25) is 5.91 Å². The van der Waals surface area contributed by atoms with Crippen LogP contribution >= 0.6 is 11.6 Å². The van der Waals surface area contributed by atoms with Crippen LogP contribution in [0.3, 0.4) is 0 Å². The second kappa shape index (κ2) is 6.22. The molecule has 2 aromatic carbocycles. The fourth-order valence-corrected chi connectivity index (χ4v) is 3.86. The maximum Gasteiger partial charge on any atom is 0.261 e. The molecule has 0 aromatic heterocycles. The molecule has 1 aliphatic heterocycles. The molecule has 0 saturated carbocycles. The Morgan fingerprint density at radius 2 is 1.87 bits per heavy atom. The van der Waals surface area contributed by atoms with Gasteiger partial charge in [0.05, 0.1) is 10.6 Å². The summed E-state index contributed by atoms with van der Waals surface area (Å²) in [6, 6.07) is 12.9. The Morgan fingerprint density at radius 1 is 1.09 bits per heavy atom. The topological polar surface area (TPSA) is 66.5 Å². The lowest BCUT2D eigenvalue weighted by Crippen LogP contribution is -2.23. The Morgan fingerprint density at radius 3 is 2.57 bits per heavy atom. The molecule has 7 heteroatoms. The number of rotatable bonds is 4. The Bertz CT molecular complexity index is 852. The van der Waals surface area contributed by atoms with Crippen molar-refractivity contribution in [1.29, 1.82) is 0 Å². The third-order valence-electron chi connectivity index (χ3n) is 3.59. The molecule has 0 unspecified atom stereocenters. The number of sulfonamides is 1. The van der Waals surface area contributed by atoms with Gasteiger partial charge in [-0.2, -0.15) is 0 Å². The predicted octanol–water partition coefficient (Wildman–Crippen LogP) is 3.27. The summed E-state index contributed by atoms with van der Waals surface area (Å²) < 4.78 is 27.3. The third kappa shape index (κ3) is 3.48. The number of carbonyl (C=O) groups excluding carboxylic acids is 1. The lowest BCUT2D eigenvalue weighted by molar-refractivity contribution is -0.117. The Balaban J connectivity index is 1.87. The van der Waals surface area contributed by atoms with Crippen LogP contribution in [0, 0.1) is 0 Å². The highest BCUT2D eigenvalue weighted by Crippen LogP contribution is 2.26. The number of benzene rings is 2. The summed E-state index contributed by atoms with van der Waals surface area (Å²) in [4.78, 5) is 13.6. The van der Waals surface area contributed by atoms with E-state index in [2.05, 4.69) is 4.72 Å². The third-order valence-corrected chi connectivity index (χ3v) is 5.20. The molecule has 0 aliphatic carbocycles. The van der Waals surface area contributed by atoms with Crippen LogP contribution in [0.15, 0.2) is 53.4 Å². The molecule has 120 valence electrons. The van der Waals surface area contributed by atoms with Crippen molar-refractivity contribution in [1.82, 2.24) is 0 Å². The first kappa shape index (κ1) is 15.8. The highest BCUT2D eigenvalue weighted by atomic mass is 35.5. The number of anilines is 2. The maximum atomic E-state index is 12.4. The van der Waals surface area contributed by atoms with Crippen molar-refractivity contribution in [2.45, 2.75) is 17.7 Å². The number of nitrogens with one attached hydrogen (secondary N) is 1. The Kier molecular flexibility index (Phi) is 4.28. The minimum atomic E-state index is -3.73. The van der Waals surface area contributed by atoms with Gasteiger partial charge in [-0.05, 0) is 42.8 Å². The van der Waals surface area contributed by atoms with Gasteiger partial charge in [0.25, 0.3) is 10.0 Å².